The maximum absolute atomic E-state index is 13.8. The molecule has 0 radical (unpaired) electrons. The Morgan fingerprint density at radius 2 is 1.93 bits per heavy atom. The minimum absolute atomic E-state index is 0.347. The van der Waals surface area contributed by atoms with Gasteiger partial charge in [0.1, 0.15) is 17.2 Å². The molecule has 30 heavy (non-hydrogen) atoms. The number of hydrogen-bond acceptors (Lipinski definition) is 7. The molecule has 4 aromatic rings. The number of rotatable bonds is 3. The lowest BCUT2D eigenvalue weighted by molar-refractivity contribution is 0.122. The molecule has 8 nitrogen and oxygen atoms in total. The van der Waals surface area contributed by atoms with Crippen LogP contribution >= 0.6 is 0 Å². The zero-order valence-corrected chi connectivity index (χ0v) is 16.4. The predicted molar refractivity (Wildman–Crippen MR) is 112 cm³/mol. The van der Waals surface area contributed by atoms with E-state index in [2.05, 4.69) is 20.0 Å². The van der Waals surface area contributed by atoms with Gasteiger partial charge in [0.25, 0.3) is 0 Å². The Balaban J connectivity index is 1.65. The molecule has 1 aliphatic heterocycles. The van der Waals surface area contributed by atoms with Crippen LogP contribution in [0.1, 0.15) is 5.69 Å². The highest BCUT2D eigenvalue weighted by Crippen LogP contribution is 2.31. The SMILES string of the molecule is Cc1nc(-c2nn(-c3cccc(F)c3)c3ncccc23)nc(N)c1N1CCOCC1. The summed E-state index contributed by atoms with van der Waals surface area (Å²) in [5, 5.41) is 5.43. The van der Waals surface area contributed by atoms with Crippen LogP contribution in [-0.4, -0.2) is 51.0 Å². The van der Waals surface area contributed by atoms with Crippen LogP contribution in [0.15, 0.2) is 42.6 Å². The minimum atomic E-state index is -0.347. The maximum Gasteiger partial charge on any atom is 0.183 e. The van der Waals surface area contributed by atoms with Crippen molar-refractivity contribution in [2.45, 2.75) is 6.92 Å². The van der Waals surface area contributed by atoms with E-state index in [0.29, 0.717) is 41.9 Å². The molecular weight excluding hydrogens is 385 g/mol. The van der Waals surface area contributed by atoms with Gasteiger partial charge in [0, 0.05) is 19.3 Å². The van der Waals surface area contributed by atoms with Gasteiger partial charge in [-0.05, 0) is 37.3 Å². The molecule has 9 heteroatoms. The Morgan fingerprint density at radius 3 is 2.70 bits per heavy atom. The van der Waals surface area contributed by atoms with E-state index >= 15 is 0 Å². The van der Waals surface area contributed by atoms with Crippen molar-refractivity contribution >= 4 is 22.5 Å². The molecule has 0 bridgehead atoms. The van der Waals surface area contributed by atoms with Crippen LogP contribution in [0.3, 0.4) is 0 Å². The van der Waals surface area contributed by atoms with Crippen molar-refractivity contribution in [2.75, 3.05) is 36.9 Å². The normalized spacial score (nSPS) is 14.4. The number of morpholine rings is 1. The van der Waals surface area contributed by atoms with E-state index in [1.54, 1.807) is 23.0 Å². The minimum Gasteiger partial charge on any atom is -0.382 e. The fourth-order valence-corrected chi connectivity index (χ4v) is 3.78. The van der Waals surface area contributed by atoms with E-state index in [9.17, 15) is 4.39 Å². The first-order valence-corrected chi connectivity index (χ1v) is 9.68. The van der Waals surface area contributed by atoms with Crippen LogP contribution in [0.25, 0.3) is 28.2 Å². The van der Waals surface area contributed by atoms with Crippen molar-refractivity contribution in [2.24, 2.45) is 0 Å². The van der Waals surface area contributed by atoms with Gasteiger partial charge in [-0.2, -0.15) is 5.10 Å². The molecule has 3 aromatic heterocycles. The summed E-state index contributed by atoms with van der Waals surface area (Å²) in [6.07, 6.45) is 1.67. The Labute approximate surface area is 172 Å². The van der Waals surface area contributed by atoms with Gasteiger partial charge in [-0.25, -0.2) is 24.0 Å². The lowest BCUT2D eigenvalue weighted by Crippen LogP contribution is -2.37. The molecule has 4 heterocycles. The number of nitrogens with zero attached hydrogens (tertiary/aromatic N) is 6. The second-order valence-electron chi connectivity index (χ2n) is 7.08. The molecule has 0 aliphatic carbocycles. The fraction of sp³-hybridized carbons (Fsp3) is 0.238. The Kier molecular flexibility index (Phi) is 4.51. The van der Waals surface area contributed by atoms with E-state index in [0.717, 1.165) is 29.9 Å². The predicted octanol–water partition coefficient (Wildman–Crippen LogP) is 2.74. The van der Waals surface area contributed by atoms with Crippen molar-refractivity contribution in [1.82, 2.24) is 24.7 Å². The second-order valence-corrected chi connectivity index (χ2v) is 7.08. The van der Waals surface area contributed by atoms with Crippen LogP contribution in [0.4, 0.5) is 15.9 Å². The summed E-state index contributed by atoms with van der Waals surface area (Å²) >= 11 is 0. The van der Waals surface area contributed by atoms with Gasteiger partial charge in [0.2, 0.25) is 0 Å². The summed E-state index contributed by atoms with van der Waals surface area (Å²) in [6.45, 7) is 4.70. The molecule has 0 spiro atoms. The molecule has 1 fully saturated rings. The Morgan fingerprint density at radius 1 is 1.10 bits per heavy atom. The Hall–Kier alpha value is -3.59. The number of hydrogen-bond donors (Lipinski definition) is 1. The number of nitrogen functional groups attached to an aromatic ring is 1. The van der Waals surface area contributed by atoms with E-state index in [1.165, 1.54) is 12.1 Å². The molecule has 0 unspecified atom stereocenters. The highest BCUT2D eigenvalue weighted by molar-refractivity contribution is 5.90. The van der Waals surface area contributed by atoms with Crippen molar-refractivity contribution in [1.29, 1.82) is 0 Å². The van der Waals surface area contributed by atoms with Crippen LogP contribution in [-0.2, 0) is 4.74 Å². The van der Waals surface area contributed by atoms with E-state index in [1.807, 2.05) is 19.1 Å². The van der Waals surface area contributed by atoms with E-state index in [-0.39, 0.29) is 5.82 Å². The van der Waals surface area contributed by atoms with Crippen LogP contribution < -0.4 is 10.6 Å². The summed E-state index contributed by atoms with van der Waals surface area (Å²) in [4.78, 5) is 15.8. The van der Waals surface area contributed by atoms with Gasteiger partial charge in [0.05, 0.1) is 30.0 Å². The topological polar surface area (TPSA) is 95.0 Å². The zero-order chi connectivity index (χ0) is 20.7. The molecule has 0 amide bonds. The molecule has 0 atom stereocenters. The number of aryl methyl sites for hydroxylation is 1. The van der Waals surface area contributed by atoms with E-state index < -0.39 is 0 Å². The summed E-state index contributed by atoms with van der Waals surface area (Å²) in [5.74, 6) is 0.465. The lowest BCUT2D eigenvalue weighted by Gasteiger charge is -2.30. The number of aromatic nitrogens is 5. The van der Waals surface area contributed by atoms with Crippen LogP contribution in [0, 0.1) is 12.7 Å². The van der Waals surface area contributed by atoms with Crippen molar-refractivity contribution in [3.63, 3.8) is 0 Å². The molecular formula is C21H20FN7O. The number of fused-ring (bicyclic) bond motifs is 1. The second kappa shape index (κ2) is 7.34. The summed E-state index contributed by atoms with van der Waals surface area (Å²) < 4.78 is 20.8. The molecule has 2 N–H and O–H groups in total. The van der Waals surface area contributed by atoms with Gasteiger partial charge in [-0.15, -0.1) is 0 Å². The Bertz CT molecular complexity index is 1210. The molecule has 5 rings (SSSR count). The van der Waals surface area contributed by atoms with Gasteiger partial charge in [-0.1, -0.05) is 6.07 Å². The standard InChI is InChI=1S/C21H20FN7O/c1-13-18(28-8-10-30-11-9-28)19(23)26-20(25-13)17-16-6-3-7-24-21(16)29(27-17)15-5-2-4-14(22)12-15/h2-7,12H,8-11H2,1H3,(H2,23,25,26). The third kappa shape index (κ3) is 3.13. The summed E-state index contributed by atoms with van der Waals surface area (Å²) in [6, 6.07) is 9.92. The first-order chi connectivity index (χ1) is 14.6. The van der Waals surface area contributed by atoms with Crippen molar-refractivity contribution < 1.29 is 9.13 Å². The van der Waals surface area contributed by atoms with Gasteiger partial charge >= 0.3 is 0 Å². The zero-order valence-electron chi connectivity index (χ0n) is 16.4. The molecule has 1 saturated heterocycles. The van der Waals surface area contributed by atoms with E-state index in [4.69, 9.17) is 15.5 Å². The summed E-state index contributed by atoms with van der Waals surface area (Å²) in [7, 11) is 0. The average Bonchev–Trinajstić information content (AvgIpc) is 3.14. The largest absolute Gasteiger partial charge is 0.382 e. The number of nitrogens with two attached hydrogens (primary N) is 1. The molecule has 1 aliphatic rings. The molecule has 1 aromatic carbocycles. The van der Waals surface area contributed by atoms with Gasteiger partial charge in [0.15, 0.2) is 17.3 Å². The van der Waals surface area contributed by atoms with Crippen molar-refractivity contribution in [3.8, 4) is 17.2 Å². The fourth-order valence-electron chi connectivity index (χ4n) is 3.78. The van der Waals surface area contributed by atoms with Gasteiger partial charge in [-0.3, -0.25) is 0 Å². The van der Waals surface area contributed by atoms with Gasteiger partial charge < -0.3 is 15.4 Å². The third-order valence-electron chi connectivity index (χ3n) is 5.12. The monoisotopic (exact) mass is 405 g/mol. The first kappa shape index (κ1) is 18.4. The first-order valence-electron chi connectivity index (χ1n) is 9.68. The number of anilines is 2. The van der Waals surface area contributed by atoms with Crippen LogP contribution in [0.2, 0.25) is 0 Å². The number of benzene rings is 1. The molecule has 0 saturated carbocycles. The lowest BCUT2D eigenvalue weighted by atomic mass is 10.2. The number of halogens is 1. The number of pyridine rings is 1. The quantitative estimate of drug-likeness (QED) is 0.560. The smallest absolute Gasteiger partial charge is 0.183 e. The highest BCUT2D eigenvalue weighted by Gasteiger charge is 2.22. The maximum atomic E-state index is 13.8. The summed E-state index contributed by atoms with van der Waals surface area (Å²) in [5.41, 5.74) is 9.65. The van der Waals surface area contributed by atoms with Crippen LogP contribution in [0.5, 0.6) is 0 Å². The highest BCUT2D eigenvalue weighted by atomic mass is 19.1. The number of ether oxygens (including phenoxy) is 1. The average molecular weight is 405 g/mol. The van der Waals surface area contributed by atoms with Crippen molar-refractivity contribution in [3.05, 3.63) is 54.1 Å². The third-order valence-corrected chi connectivity index (χ3v) is 5.12. The molecule has 152 valence electrons.